The molecule has 2 aliphatic heterocycles. The molecule has 2 aromatic rings. The summed E-state index contributed by atoms with van der Waals surface area (Å²) in [5.41, 5.74) is 5.45. The third-order valence-corrected chi connectivity index (χ3v) is 5.56. The first-order valence-electron chi connectivity index (χ1n) is 9.92. The lowest BCUT2D eigenvalue weighted by atomic mass is 10.0. The molecule has 5 N–H and O–H groups in total. The van der Waals surface area contributed by atoms with Crippen molar-refractivity contribution in [3.05, 3.63) is 41.9 Å². The van der Waals surface area contributed by atoms with E-state index in [1.165, 1.54) is 0 Å². The van der Waals surface area contributed by atoms with Gasteiger partial charge in [0.2, 0.25) is 5.91 Å². The van der Waals surface area contributed by atoms with Crippen molar-refractivity contribution >= 4 is 17.3 Å². The SMILES string of the molecule is C=C1CCC(C(=O)Nc2cc(-c3c(C)noc3C)ccc2NC2CC[NH2+]C2)N1. The molecule has 7 nitrogen and oxygen atoms in total. The number of carbonyl (C=O) groups is 1. The lowest BCUT2D eigenvalue weighted by molar-refractivity contribution is -0.636. The summed E-state index contributed by atoms with van der Waals surface area (Å²) in [6.45, 7) is 9.93. The molecule has 3 heterocycles. The fourth-order valence-corrected chi connectivity index (χ4v) is 4.06. The molecule has 1 amide bonds. The molecule has 7 heteroatoms. The Bertz CT molecular complexity index is 879. The second-order valence-corrected chi connectivity index (χ2v) is 7.73. The molecule has 0 saturated carbocycles. The Morgan fingerprint density at radius 3 is 2.82 bits per heavy atom. The Labute approximate surface area is 164 Å². The van der Waals surface area contributed by atoms with Crippen LogP contribution in [0.4, 0.5) is 11.4 Å². The summed E-state index contributed by atoms with van der Waals surface area (Å²) in [6, 6.07) is 6.28. The van der Waals surface area contributed by atoms with E-state index < -0.39 is 0 Å². The number of aromatic nitrogens is 1. The van der Waals surface area contributed by atoms with E-state index >= 15 is 0 Å². The van der Waals surface area contributed by atoms with Gasteiger partial charge in [-0.15, -0.1) is 0 Å². The first-order chi connectivity index (χ1) is 13.5. The number of aryl methyl sites for hydroxylation is 2. The van der Waals surface area contributed by atoms with Crippen molar-refractivity contribution in [1.82, 2.24) is 10.5 Å². The van der Waals surface area contributed by atoms with Gasteiger partial charge in [0.15, 0.2) is 0 Å². The highest BCUT2D eigenvalue weighted by atomic mass is 16.5. The molecule has 2 unspecified atom stereocenters. The molecule has 2 atom stereocenters. The molecular weight excluding hydrogens is 354 g/mol. The summed E-state index contributed by atoms with van der Waals surface area (Å²) in [5.74, 6) is 0.741. The third-order valence-electron chi connectivity index (χ3n) is 5.56. The average Bonchev–Trinajstić information content (AvgIpc) is 3.40. The minimum Gasteiger partial charge on any atom is -0.378 e. The summed E-state index contributed by atoms with van der Waals surface area (Å²) in [5, 5.41) is 16.3. The Morgan fingerprint density at radius 1 is 1.32 bits per heavy atom. The number of benzene rings is 1. The quantitative estimate of drug-likeness (QED) is 0.634. The number of amides is 1. The van der Waals surface area contributed by atoms with Crippen molar-refractivity contribution in [2.24, 2.45) is 0 Å². The molecule has 0 spiro atoms. The molecule has 0 bridgehead atoms. The van der Waals surface area contributed by atoms with Crippen LogP contribution in [0.2, 0.25) is 0 Å². The molecule has 0 radical (unpaired) electrons. The first-order valence-corrected chi connectivity index (χ1v) is 9.92. The van der Waals surface area contributed by atoms with Crippen LogP contribution in [-0.2, 0) is 4.79 Å². The van der Waals surface area contributed by atoms with E-state index in [4.69, 9.17) is 4.52 Å². The van der Waals surface area contributed by atoms with Gasteiger partial charge in [0.05, 0.1) is 36.2 Å². The Kier molecular flexibility index (Phi) is 5.09. The second kappa shape index (κ2) is 7.67. The highest BCUT2D eigenvalue weighted by Gasteiger charge is 2.26. The molecule has 2 fully saturated rings. The van der Waals surface area contributed by atoms with Crippen LogP contribution in [0, 0.1) is 13.8 Å². The second-order valence-electron chi connectivity index (χ2n) is 7.73. The van der Waals surface area contributed by atoms with Crippen molar-refractivity contribution in [3.8, 4) is 11.1 Å². The van der Waals surface area contributed by atoms with E-state index in [9.17, 15) is 4.79 Å². The number of rotatable bonds is 5. The predicted molar refractivity (Wildman–Crippen MR) is 109 cm³/mol. The normalized spacial score (nSPS) is 21.6. The fraction of sp³-hybridized carbons (Fsp3) is 0.429. The minimum absolute atomic E-state index is 0.0319. The molecule has 4 rings (SSSR count). The zero-order valence-electron chi connectivity index (χ0n) is 16.5. The molecule has 1 aromatic carbocycles. The van der Waals surface area contributed by atoms with Crippen LogP contribution < -0.4 is 21.3 Å². The smallest absolute Gasteiger partial charge is 0.246 e. The molecule has 28 heavy (non-hydrogen) atoms. The van der Waals surface area contributed by atoms with Crippen molar-refractivity contribution in [2.45, 2.75) is 45.2 Å². The van der Waals surface area contributed by atoms with Gasteiger partial charge in [-0.2, -0.15) is 0 Å². The first kappa shape index (κ1) is 18.6. The van der Waals surface area contributed by atoms with E-state index in [0.717, 1.165) is 72.0 Å². The highest BCUT2D eigenvalue weighted by Crippen LogP contribution is 2.33. The van der Waals surface area contributed by atoms with Crippen LogP contribution in [0.15, 0.2) is 35.0 Å². The van der Waals surface area contributed by atoms with Gasteiger partial charge in [-0.1, -0.05) is 17.8 Å². The number of anilines is 2. The number of nitrogens with zero attached hydrogens (tertiary/aromatic N) is 1. The Hall–Kier alpha value is -2.80. The lowest BCUT2D eigenvalue weighted by Gasteiger charge is -2.19. The monoisotopic (exact) mass is 382 g/mol. The number of hydrogen-bond acceptors (Lipinski definition) is 5. The number of quaternary nitrogens is 1. The van der Waals surface area contributed by atoms with Crippen molar-refractivity contribution < 1.29 is 14.6 Å². The van der Waals surface area contributed by atoms with Gasteiger partial charge in [-0.3, -0.25) is 4.79 Å². The van der Waals surface area contributed by atoms with Crippen LogP contribution in [0.3, 0.4) is 0 Å². The maximum atomic E-state index is 12.8. The number of nitrogens with two attached hydrogens (primary N) is 1. The number of carbonyl (C=O) groups excluding carboxylic acids is 1. The molecule has 1 aromatic heterocycles. The zero-order valence-corrected chi connectivity index (χ0v) is 16.5. The molecule has 0 aliphatic carbocycles. The summed E-state index contributed by atoms with van der Waals surface area (Å²) in [7, 11) is 0. The van der Waals surface area contributed by atoms with Crippen molar-refractivity contribution in [1.29, 1.82) is 0 Å². The minimum atomic E-state index is -0.233. The summed E-state index contributed by atoms with van der Waals surface area (Å²) in [6.07, 6.45) is 2.72. The van der Waals surface area contributed by atoms with Crippen LogP contribution in [-0.4, -0.2) is 36.2 Å². The van der Waals surface area contributed by atoms with E-state index in [-0.39, 0.29) is 11.9 Å². The topological polar surface area (TPSA) is 95.8 Å². The van der Waals surface area contributed by atoms with Crippen LogP contribution >= 0.6 is 0 Å². The largest absolute Gasteiger partial charge is 0.378 e. The van der Waals surface area contributed by atoms with E-state index in [2.05, 4.69) is 39.1 Å². The standard InChI is InChI=1S/C21H27N5O2/c1-12-4-6-18(23-12)21(27)25-19-10-15(20-13(2)26-28-14(20)3)5-7-17(19)24-16-8-9-22-11-16/h5,7,10,16,18,22-24H,1,4,6,8-9,11H2,2-3H3,(H,25,27)/p+1. The maximum absolute atomic E-state index is 12.8. The predicted octanol–water partition coefficient (Wildman–Crippen LogP) is 1.91. The number of nitrogens with one attached hydrogen (secondary N) is 3. The molecule has 2 saturated heterocycles. The van der Waals surface area contributed by atoms with Crippen molar-refractivity contribution in [2.75, 3.05) is 23.7 Å². The van der Waals surface area contributed by atoms with Crippen molar-refractivity contribution in [3.63, 3.8) is 0 Å². The Morgan fingerprint density at radius 2 is 2.18 bits per heavy atom. The average molecular weight is 382 g/mol. The van der Waals surface area contributed by atoms with Crippen LogP contribution in [0.1, 0.15) is 30.7 Å². The Balaban J connectivity index is 1.64. The molecule has 2 aliphatic rings. The summed E-state index contributed by atoms with van der Waals surface area (Å²) in [4.78, 5) is 12.8. The van der Waals surface area contributed by atoms with Gasteiger partial charge in [-0.25, -0.2) is 0 Å². The molecular formula is C21H28N5O2+. The van der Waals surface area contributed by atoms with E-state index in [0.29, 0.717) is 6.04 Å². The van der Waals surface area contributed by atoms with E-state index in [1.54, 1.807) is 0 Å². The third kappa shape index (κ3) is 3.75. The zero-order chi connectivity index (χ0) is 19.7. The highest BCUT2D eigenvalue weighted by molar-refractivity contribution is 5.99. The maximum Gasteiger partial charge on any atom is 0.246 e. The summed E-state index contributed by atoms with van der Waals surface area (Å²) >= 11 is 0. The van der Waals surface area contributed by atoms with Crippen LogP contribution in [0.25, 0.3) is 11.1 Å². The number of hydrogen-bond donors (Lipinski definition) is 4. The lowest BCUT2D eigenvalue weighted by Crippen LogP contribution is -2.81. The van der Waals surface area contributed by atoms with Gasteiger partial charge >= 0.3 is 0 Å². The van der Waals surface area contributed by atoms with Gasteiger partial charge < -0.3 is 25.8 Å². The van der Waals surface area contributed by atoms with Gasteiger partial charge in [0, 0.05) is 17.7 Å². The van der Waals surface area contributed by atoms with Crippen LogP contribution in [0.5, 0.6) is 0 Å². The van der Waals surface area contributed by atoms with Gasteiger partial charge in [0.25, 0.3) is 0 Å². The molecule has 148 valence electrons. The number of allylic oxidation sites excluding steroid dienone is 1. The fourth-order valence-electron chi connectivity index (χ4n) is 4.06. The summed E-state index contributed by atoms with van der Waals surface area (Å²) < 4.78 is 5.32. The van der Waals surface area contributed by atoms with E-state index in [1.807, 2.05) is 26.0 Å². The van der Waals surface area contributed by atoms with Gasteiger partial charge in [-0.05, 0) is 44.4 Å². The van der Waals surface area contributed by atoms with Gasteiger partial charge in [0.1, 0.15) is 11.8 Å².